The van der Waals surface area contributed by atoms with Crippen molar-refractivity contribution < 1.29 is 22.7 Å². The van der Waals surface area contributed by atoms with Crippen LogP contribution in [0.5, 0.6) is 0 Å². The zero-order valence-corrected chi connectivity index (χ0v) is 18.5. The van der Waals surface area contributed by atoms with Crippen molar-refractivity contribution in [1.82, 2.24) is 10.2 Å². The first-order valence-electron chi connectivity index (χ1n) is 10.2. The summed E-state index contributed by atoms with van der Waals surface area (Å²) in [6, 6.07) is 7.04. The standard InChI is InChI=1S/C21H32N2O5S/c1-21(2,3)28-20(24)23(16-12-13-27-14-16)19-7-5-6-18(22-19)15-8-10-17(11-9-15)29(4,25)26/h8-11,16,18-19,22H,5-7,12-14H2,1-4H3. The molecule has 162 valence electrons. The highest BCUT2D eigenvalue weighted by Crippen LogP contribution is 2.30. The van der Waals surface area contributed by atoms with Crippen LogP contribution in [0.25, 0.3) is 0 Å². The number of carbonyl (C=O) groups is 1. The third-order valence-corrected chi connectivity index (χ3v) is 6.44. The predicted molar refractivity (Wildman–Crippen MR) is 110 cm³/mol. The zero-order valence-electron chi connectivity index (χ0n) is 17.7. The van der Waals surface area contributed by atoms with Crippen LogP contribution in [0.4, 0.5) is 4.79 Å². The maximum Gasteiger partial charge on any atom is 0.411 e. The van der Waals surface area contributed by atoms with E-state index in [-0.39, 0.29) is 24.3 Å². The Bertz CT molecular complexity index is 810. The fourth-order valence-electron chi connectivity index (χ4n) is 3.93. The van der Waals surface area contributed by atoms with Crippen LogP contribution in [0.15, 0.2) is 29.2 Å². The van der Waals surface area contributed by atoms with E-state index in [0.29, 0.717) is 18.1 Å². The summed E-state index contributed by atoms with van der Waals surface area (Å²) < 4.78 is 34.6. The molecule has 2 aliphatic rings. The Kier molecular flexibility index (Phi) is 6.55. The van der Waals surface area contributed by atoms with Crippen LogP contribution in [0.3, 0.4) is 0 Å². The van der Waals surface area contributed by atoms with E-state index >= 15 is 0 Å². The molecule has 2 saturated heterocycles. The van der Waals surface area contributed by atoms with E-state index in [1.54, 1.807) is 12.1 Å². The van der Waals surface area contributed by atoms with Gasteiger partial charge >= 0.3 is 6.09 Å². The molecule has 29 heavy (non-hydrogen) atoms. The number of nitrogens with zero attached hydrogens (tertiary/aromatic N) is 1. The van der Waals surface area contributed by atoms with Crippen LogP contribution in [-0.2, 0) is 19.3 Å². The van der Waals surface area contributed by atoms with Gasteiger partial charge in [-0.05, 0) is 64.2 Å². The SMILES string of the molecule is CC(C)(C)OC(=O)N(C1CCOC1)C1CCCC(c2ccc(S(C)(=O)=O)cc2)N1. The second-order valence-electron chi connectivity index (χ2n) is 8.91. The van der Waals surface area contributed by atoms with Crippen LogP contribution in [-0.4, -0.2) is 56.7 Å². The Hall–Kier alpha value is -1.64. The number of ether oxygens (including phenoxy) is 2. The Balaban J connectivity index is 1.78. The second-order valence-corrected chi connectivity index (χ2v) is 10.9. The van der Waals surface area contributed by atoms with Crippen molar-refractivity contribution in [3.8, 4) is 0 Å². The summed E-state index contributed by atoms with van der Waals surface area (Å²) >= 11 is 0. The lowest BCUT2D eigenvalue weighted by Crippen LogP contribution is -2.57. The molecule has 1 N–H and O–H groups in total. The number of sulfone groups is 1. The van der Waals surface area contributed by atoms with Gasteiger partial charge in [-0.15, -0.1) is 0 Å². The lowest BCUT2D eigenvalue weighted by Gasteiger charge is -2.41. The van der Waals surface area contributed by atoms with Crippen molar-refractivity contribution in [2.24, 2.45) is 0 Å². The van der Waals surface area contributed by atoms with Crippen molar-refractivity contribution in [2.75, 3.05) is 19.5 Å². The minimum absolute atomic E-state index is 0.00582. The molecule has 2 heterocycles. The first-order chi connectivity index (χ1) is 13.5. The van der Waals surface area contributed by atoms with E-state index in [1.165, 1.54) is 6.26 Å². The third kappa shape index (κ3) is 5.71. The van der Waals surface area contributed by atoms with Gasteiger partial charge in [0.15, 0.2) is 9.84 Å². The molecule has 0 aliphatic carbocycles. The zero-order chi connectivity index (χ0) is 21.2. The first-order valence-corrected chi connectivity index (χ1v) is 12.1. The van der Waals surface area contributed by atoms with Gasteiger partial charge in [-0.25, -0.2) is 13.2 Å². The summed E-state index contributed by atoms with van der Waals surface area (Å²) in [7, 11) is -3.22. The van der Waals surface area contributed by atoms with Crippen LogP contribution >= 0.6 is 0 Å². The van der Waals surface area contributed by atoms with E-state index in [2.05, 4.69) is 5.32 Å². The molecule has 8 heteroatoms. The predicted octanol–water partition coefficient (Wildman–Crippen LogP) is 3.26. The summed E-state index contributed by atoms with van der Waals surface area (Å²) in [5.41, 5.74) is 0.457. The Morgan fingerprint density at radius 1 is 1.17 bits per heavy atom. The van der Waals surface area contributed by atoms with Crippen LogP contribution in [0, 0.1) is 0 Å². The molecule has 1 aromatic carbocycles. The molecule has 0 aromatic heterocycles. The topological polar surface area (TPSA) is 84.9 Å². The minimum atomic E-state index is -3.22. The number of carbonyl (C=O) groups excluding carboxylic acids is 1. The largest absolute Gasteiger partial charge is 0.444 e. The number of benzene rings is 1. The monoisotopic (exact) mass is 424 g/mol. The second kappa shape index (κ2) is 8.62. The Morgan fingerprint density at radius 3 is 2.41 bits per heavy atom. The van der Waals surface area contributed by atoms with Gasteiger partial charge in [0.25, 0.3) is 0 Å². The summed E-state index contributed by atoms with van der Waals surface area (Å²) in [4.78, 5) is 15.1. The molecule has 0 spiro atoms. The average molecular weight is 425 g/mol. The van der Waals surface area contributed by atoms with Crippen molar-refractivity contribution in [2.45, 2.75) is 75.2 Å². The van der Waals surface area contributed by atoms with Crippen LogP contribution < -0.4 is 5.32 Å². The quantitative estimate of drug-likeness (QED) is 0.799. The molecule has 1 aromatic rings. The smallest absolute Gasteiger partial charge is 0.411 e. The lowest BCUT2D eigenvalue weighted by atomic mass is 9.95. The third-order valence-electron chi connectivity index (χ3n) is 5.31. The molecule has 0 saturated carbocycles. The van der Waals surface area contributed by atoms with E-state index in [9.17, 15) is 13.2 Å². The maximum atomic E-state index is 13.0. The summed E-state index contributed by atoms with van der Waals surface area (Å²) in [5, 5.41) is 3.59. The normalized spacial score (nSPS) is 25.6. The van der Waals surface area contributed by atoms with Crippen molar-refractivity contribution in [3.05, 3.63) is 29.8 Å². The van der Waals surface area contributed by atoms with E-state index < -0.39 is 15.4 Å². The van der Waals surface area contributed by atoms with Gasteiger partial charge in [0.1, 0.15) is 5.60 Å². The van der Waals surface area contributed by atoms with Gasteiger partial charge in [0.05, 0.1) is 23.7 Å². The summed E-state index contributed by atoms with van der Waals surface area (Å²) in [5.74, 6) is 0. The molecule has 0 radical (unpaired) electrons. The molecule has 7 nitrogen and oxygen atoms in total. The molecule has 3 rings (SSSR count). The highest BCUT2D eigenvalue weighted by Gasteiger charge is 2.38. The van der Waals surface area contributed by atoms with E-state index in [4.69, 9.17) is 9.47 Å². The molecule has 2 aliphatic heterocycles. The number of hydrogen-bond donors (Lipinski definition) is 1. The highest BCUT2D eigenvalue weighted by atomic mass is 32.2. The molecular formula is C21H32N2O5S. The lowest BCUT2D eigenvalue weighted by molar-refractivity contribution is -0.00813. The summed E-state index contributed by atoms with van der Waals surface area (Å²) in [6.45, 7) is 6.77. The van der Waals surface area contributed by atoms with Crippen molar-refractivity contribution >= 4 is 15.9 Å². The summed E-state index contributed by atoms with van der Waals surface area (Å²) in [6.07, 6.45) is 4.27. The van der Waals surface area contributed by atoms with Gasteiger partial charge in [-0.1, -0.05) is 12.1 Å². The number of hydrogen-bond acceptors (Lipinski definition) is 6. The van der Waals surface area contributed by atoms with Gasteiger partial charge in [-0.2, -0.15) is 0 Å². The van der Waals surface area contributed by atoms with Crippen LogP contribution in [0.2, 0.25) is 0 Å². The van der Waals surface area contributed by atoms with Gasteiger partial charge < -0.3 is 9.47 Å². The van der Waals surface area contributed by atoms with Gasteiger partial charge in [0.2, 0.25) is 0 Å². The molecule has 2 fully saturated rings. The van der Waals surface area contributed by atoms with E-state index in [0.717, 1.165) is 31.2 Å². The van der Waals surface area contributed by atoms with Gasteiger partial charge in [-0.3, -0.25) is 10.2 Å². The number of nitrogens with one attached hydrogen (secondary N) is 1. The number of amides is 1. The Labute approximate surface area is 173 Å². The molecular weight excluding hydrogens is 392 g/mol. The van der Waals surface area contributed by atoms with E-state index in [1.807, 2.05) is 37.8 Å². The fraction of sp³-hybridized carbons (Fsp3) is 0.667. The van der Waals surface area contributed by atoms with Crippen molar-refractivity contribution in [1.29, 1.82) is 0 Å². The molecule has 1 amide bonds. The molecule has 0 bridgehead atoms. The number of rotatable bonds is 4. The maximum absolute atomic E-state index is 13.0. The fourth-order valence-corrected chi connectivity index (χ4v) is 4.56. The highest BCUT2D eigenvalue weighted by molar-refractivity contribution is 7.90. The molecule has 3 atom stereocenters. The minimum Gasteiger partial charge on any atom is -0.444 e. The van der Waals surface area contributed by atoms with Crippen molar-refractivity contribution in [3.63, 3.8) is 0 Å². The Morgan fingerprint density at radius 2 is 1.86 bits per heavy atom. The number of piperidine rings is 1. The van der Waals surface area contributed by atoms with Crippen LogP contribution in [0.1, 0.15) is 58.1 Å². The van der Waals surface area contributed by atoms with Gasteiger partial charge in [0, 0.05) is 18.9 Å². The molecule has 3 unspecified atom stereocenters. The first kappa shape index (κ1) is 22.1. The average Bonchev–Trinajstić information content (AvgIpc) is 3.14.